The van der Waals surface area contributed by atoms with Gasteiger partial charge in [0.25, 0.3) is 0 Å². The highest BCUT2D eigenvalue weighted by atomic mass is 16.2. The molecule has 2 bridgehead atoms. The third kappa shape index (κ3) is 2.35. The van der Waals surface area contributed by atoms with Crippen LogP contribution >= 0.6 is 0 Å². The fraction of sp³-hybridized carbons (Fsp3) is 0.500. The Balaban J connectivity index is 1.75. The van der Waals surface area contributed by atoms with Crippen LogP contribution in [0.5, 0.6) is 0 Å². The van der Waals surface area contributed by atoms with E-state index in [0.29, 0.717) is 31.2 Å². The number of benzene rings is 1. The van der Waals surface area contributed by atoms with Crippen molar-refractivity contribution in [3.05, 3.63) is 35.9 Å². The van der Waals surface area contributed by atoms with Crippen LogP contribution in [0.15, 0.2) is 30.3 Å². The first-order valence-electron chi connectivity index (χ1n) is 7.68. The summed E-state index contributed by atoms with van der Waals surface area (Å²) in [5.74, 6) is 0.279. The standard InChI is InChI=1S/C18H20O3/c1-18-10-9-13(14(17(18)21)7-8-16(18)20)11-15(19)12-5-3-2-4-6-12/h2-6,13-14H,7-11H2,1H3/t13-,14+,18+/m0/s1. The van der Waals surface area contributed by atoms with Crippen LogP contribution in [0.25, 0.3) is 0 Å². The van der Waals surface area contributed by atoms with Gasteiger partial charge in [0, 0.05) is 24.3 Å². The molecule has 0 radical (unpaired) electrons. The fourth-order valence-corrected chi connectivity index (χ4v) is 3.85. The molecule has 2 fully saturated rings. The minimum Gasteiger partial charge on any atom is -0.299 e. The number of rotatable bonds is 3. The van der Waals surface area contributed by atoms with Gasteiger partial charge in [-0.05, 0) is 32.1 Å². The molecular weight excluding hydrogens is 264 g/mol. The van der Waals surface area contributed by atoms with Crippen molar-refractivity contribution >= 4 is 17.3 Å². The zero-order valence-corrected chi connectivity index (χ0v) is 12.3. The van der Waals surface area contributed by atoms with Crippen LogP contribution < -0.4 is 0 Å². The summed E-state index contributed by atoms with van der Waals surface area (Å²) in [5, 5.41) is 0. The molecule has 0 saturated heterocycles. The van der Waals surface area contributed by atoms with Gasteiger partial charge in [-0.2, -0.15) is 0 Å². The second-order valence-electron chi connectivity index (χ2n) is 6.56. The molecule has 3 atom stereocenters. The van der Waals surface area contributed by atoms with Crippen LogP contribution in [0, 0.1) is 17.3 Å². The highest BCUT2D eigenvalue weighted by Crippen LogP contribution is 2.47. The fourth-order valence-electron chi connectivity index (χ4n) is 3.85. The molecule has 2 aliphatic carbocycles. The molecule has 3 nitrogen and oxygen atoms in total. The van der Waals surface area contributed by atoms with Crippen molar-refractivity contribution in [1.82, 2.24) is 0 Å². The van der Waals surface area contributed by atoms with E-state index in [-0.39, 0.29) is 29.2 Å². The summed E-state index contributed by atoms with van der Waals surface area (Å²) < 4.78 is 0. The molecule has 0 N–H and O–H groups in total. The predicted octanol–water partition coefficient (Wildman–Crippen LogP) is 3.22. The van der Waals surface area contributed by atoms with Crippen LogP contribution in [-0.4, -0.2) is 17.3 Å². The molecule has 0 aromatic heterocycles. The van der Waals surface area contributed by atoms with Gasteiger partial charge in [0.05, 0.1) is 5.41 Å². The molecule has 21 heavy (non-hydrogen) atoms. The highest BCUT2D eigenvalue weighted by Gasteiger charge is 2.52. The number of Topliss-reactive ketones (excluding diaryl/α,β-unsaturated/α-hetero) is 3. The summed E-state index contributed by atoms with van der Waals surface area (Å²) in [5.41, 5.74) is -0.0555. The Morgan fingerprint density at radius 1 is 1.19 bits per heavy atom. The normalized spacial score (nSPS) is 32.0. The van der Waals surface area contributed by atoms with E-state index < -0.39 is 5.41 Å². The van der Waals surface area contributed by atoms with Crippen LogP contribution in [-0.2, 0) is 9.59 Å². The van der Waals surface area contributed by atoms with Gasteiger partial charge in [-0.15, -0.1) is 0 Å². The quantitative estimate of drug-likeness (QED) is 0.632. The largest absolute Gasteiger partial charge is 0.299 e. The number of hydrogen-bond donors (Lipinski definition) is 0. The predicted molar refractivity (Wildman–Crippen MR) is 79.0 cm³/mol. The van der Waals surface area contributed by atoms with Gasteiger partial charge in [0.15, 0.2) is 5.78 Å². The Morgan fingerprint density at radius 2 is 1.90 bits per heavy atom. The molecule has 110 valence electrons. The Hall–Kier alpha value is -1.77. The van der Waals surface area contributed by atoms with E-state index in [0.717, 1.165) is 6.42 Å². The van der Waals surface area contributed by atoms with Gasteiger partial charge in [0.1, 0.15) is 11.6 Å². The van der Waals surface area contributed by atoms with E-state index in [9.17, 15) is 14.4 Å². The maximum atomic E-state index is 12.5. The average Bonchev–Trinajstić information content (AvgIpc) is 2.49. The summed E-state index contributed by atoms with van der Waals surface area (Å²) in [6.07, 6.45) is 2.94. The lowest BCUT2D eigenvalue weighted by Gasteiger charge is -2.44. The molecule has 3 heteroatoms. The maximum Gasteiger partial charge on any atom is 0.163 e. The van der Waals surface area contributed by atoms with Crippen molar-refractivity contribution in [2.75, 3.05) is 0 Å². The molecule has 3 rings (SSSR count). The van der Waals surface area contributed by atoms with E-state index in [2.05, 4.69) is 0 Å². The maximum absolute atomic E-state index is 12.5. The van der Waals surface area contributed by atoms with E-state index in [4.69, 9.17) is 0 Å². The third-order valence-electron chi connectivity index (χ3n) is 5.31. The molecule has 0 amide bonds. The van der Waals surface area contributed by atoms with Crippen molar-refractivity contribution < 1.29 is 14.4 Å². The Morgan fingerprint density at radius 3 is 2.62 bits per heavy atom. The van der Waals surface area contributed by atoms with Gasteiger partial charge >= 0.3 is 0 Å². The summed E-state index contributed by atoms with van der Waals surface area (Å²) in [6.45, 7) is 1.79. The zero-order valence-electron chi connectivity index (χ0n) is 12.3. The second kappa shape index (κ2) is 5.21. The van der Waals surface area contributed by atoms with Gasteiger partial charge < -0.3 is 0 Å². The lowest BCUT2D eigenvalue weighted by Crippen LogP contribution is -2.51. The van der Waals surface area contributed by atoms with Gasteiger partial charge in [-0.25, -0.2) is 0 Å². The minimum absolute atomic E-state index is 0.0795. The zero-order chi connectivity index (χ0) is 15.0. The first-order chi connectivity index (χ1) is 10.0. The number of ketones is 3. The summed E-state index contributed by atoms with van der Waals surface area (Å²) >= 11 is 0. The SMILES string of the molecule is C[C@@]12CC[C@@H](CC(=O)c3ccccc3)[C@@H](CCC1=O)C2=O. The first kappa shape index (κ1) is 14.2. The lowest BCUT2D eigenvalue weighted by molar-refractivity contribution is -0.152. The lowest BCUT2D eigenvalue weighted by atomic mass is 9.57. The molecule has 0 aliphatic heterocycles. The molecule has 0 spiro atoms. The number of hydrogen-bond acceptors (Lipinski definition) is 3. The Labute approximate surface area is 124 Å². The second-order valence-corrected chi connectivity index (χ2v) is 6.56. The van der Waals surface area contributed by atoms with Crippen molar-refractivity contribution in [2.24, 2.45) is 17.3 Å². The van der Waals surface area contributed by atoms with Crippen LogP contribution in [0.2, 0.25) is 0 Å². The Bertz CT molecular complexity index is 590. The minimum atomic E-state index is -0.769. The molecule has 1 aromatic carbocycles. The van der Waals surface area contributed by atoms with Gasteiger partial charge in [-0.3, -0.25) is 14.4 Å². The molecule has 0 unspecified atom stereocenters. The van der Waals surface area contributed by atoms with E-state index in [1.54, 1.807) is 6.92 Å². The molecule has 2 saturated carbocycles. The Kier molecular flexibility index (Phi) is 3.52. The van der Waals surface area contributed by atoms with Crippen molar-refractivity contribution in [3.8, 4) is 0 Å². The van der Waals surface area contributed by atoms with Crippen molar-refractivity contribution in [1.29, 1.82) is 0 Å². The van der Waals surface area contributed by atoms with Crippen LogP contribution in [0.3, 0.4) is 0 Å². The average molecular weight is 284 g/mol. The van der Waals surface area contributed by atoms with E-state index in [1.807, 2.05) is 30.3 Å². The number of fused-ring (bicyclic) bond motifs is 2. The third-order valence-corrected chi connectivity index (χ3v) is 5.31. The van der Waals surface area contributed by atoms with Crippen molar-refractivity contribution in [3.63, 3.8) is 0 Å². The van der Waals surface area contributed by atoms with Crippen LogP contribution in [0.4, 0.5) is 0 Å². The molecule has 1 aromatic rings. The smallest absolute Gasteiger partial charge is 0.163 e. The summed E-state index contributed by atoms with van der Waals surface area (Å²) in [4.78, 5) is 36.9. The number of carbonyl (C=O) groups is 3. The summed E-state index contributed by atoms with van der Waals surface area (Å²) in [6, 6.07) is 9.24. The van der Waals surface area contributed by atoms with Gasteiger partial charge in [0.2, 0.25) is 0 Å². The topological polar surface area (TPSA) is 51.2 Å². The van der Waals surface area contributed by atoms with E-state index >= 15 is 0 Å². The van der Waals surface area contributed by atoms with E-state index in [1.165, 1.54) is 0 Å². The monoisotopic (exact) mass is 284 g/mol. The van der Waals surface area contributed by atoms with Crippen molar-refractivity contribution in [2.45, 2.75) is 39.0 Å². The molecule has 2 aliphatic rings. The number of carbonyl (C=O) groups excluding carboxylic acids is 3. The van der Waals surface area contributed by atoms with Crippen LogP contribution in [0.1, 0.15) is 49.4 Å². The highest BCUT2D eigenvalue weighted by molar-refractivity contribution is 6.10. The van der Waals surface area contributed by atoms with Gasteiger partial charge in [-0.1, -0.05) is 30.3 Å². The molecule has 0 heterocycles. The first-order valence-corrected chi connectivity index (χ1v) is 7.68. The summed E-state index contributed by atoms with van der Waals surface area (Å²) in [7, 11) is 0. The molecular formula is C18H20O3.